The second-order valence-corrected chi connectivity index (χ2v) is 15.8. The molecule has 1 saturated carbocycles. The molecule has 6 rings (SSSR count). The van der Waals surface area contributed by atoms with Crippen molar-refractivity contribution in [2.45, 2.75) is 75.3 Å². The number of likely N-dealkylation sites (tertiary alicyclic amines) is 1. The predicted octanol–water partition coefficient (Wildman–Crippen LogP) is 6.09. The van der Waals surface area contributed by atoms with Crippen LogP contribution in [0.1, 0.15) is 60.8 Å². The number of fused-ring (bicyclic) bond motifs is 1. The molecule has 252 valence electrons. The van der Waals surface area contributed by atoms with Crippen LogP contribution in [0, 0.1) is 19.3 Å². The highest BCUT2D eigenvalue weighted by Crippen LogP contribution is 2.52. The Balaban J connectivity index is 1.07. The summed E-state index contributed by atoms with van der Waals surface area (Å²) in [7, 11) is 2.07. The number of amides is 1. The van der Waals surface area contributed by atoms with Crippen LogP contribution in [0.25, 0.3) is 0 Å². The standard InChI is InChI=1S/C38H49N3O5S/c1-28-23-33(45-5)24-29(2)36(28)47(43,44)41-32(25-30-11-9-10-14-34(30)41)26-46-27-35(42)40-21-19-37(20-22-40)15-17-38(18-16-37,39(3)4)31-12-7-6-8-13-31/h6-14,23-24,32H,15-22,25-27H2,1-5H3/t32-/m0/s1. The van der Waals surface area contributed by atoms with Gasteiger partial charge < -0.3 is 14.4 Å². The maximum atomic E-state index is 14.3. The number of sulfonamides is 1. The number of carbonyl (C=O) groups is 1. The van der Waals surface area contributed by atoms with Gasteiger partial charge in [0.05, 0.1) is 30.3 Å². The summed E-state index contributed by atoms with van der Waals surface area (Å²) in [5, 5.41) is 0. The molecular weight excluding hydrogens is 611 g/mol. The van der Waals surface area contributed by atoms with Crippen molar-refractivity contribution in [1.29, 1.82) is 0 Å². The largest absolute Gasteiger partial charge is 0.497 e. The van der Waals surface area contributed by atoms with Gasteiger partial charge in [-0.15, -0.1) is 0 Å². The molecular formula is C38H49N3O5S. The molecule has 2 aliphatic heterocycles. The smallest absolute Gasteiger partial charge is 0.265 e. The zero-order valence-corrected chi connectivity index (χ0v) is 29.3. The Morgan fingerprint density at radius 1 is 0.894 bits per heavy atom. The molecule has 0 bridgehead atoms. The van der Waals surface area contributed by atoms with Gasteiger partial charge in [0.2, 0.25) is 5.91 Å². The third kappa shape index (κ3) is 6.30. The summed E-state index contributed by atoms with van der Waals surface area (Å²) in [5.74, 6) is 0.606. The number of rotatable bonds is 9. The van der Waals surface area contributed by atoms with Crippen molar-refractivity contribution in [3.63, 3.8) is 0 Å². The van der Waals surface area contributed by atoms with Gasteiger partial charge in [-0.2, -0.15) is 0 Å². The summed E-state index contributed by atoms with van der Waals surface area (Å²) in [5.41, 5.74) is 4.65. The first kappa shape index (κ1) is 33.5. The van der Waals surface area contributed by atoms with Crippen molar-refractivity contribution in [1.82, 2.24) is 9.80 Å². The van der Waals surface area contributed by atoms with Crippen LogP contribution in [0.4, 0.5) is 5.69 Å². The monoisotopic (exact) mass is 659 g/mol. The molecule has 1 aliphatic carbocycles. The molecule has 9 heteroatoms. The zero-order chi connectivity index (χ0) is 33.4. The van der Waals surface area contributed by atoms with Gasteiger partial charge in [0, 0.05) is 18.6 Å². The first-order chi connectivity index (χ1) is 22.5. The van der Waals surface area contributed by atoms with Crippen LogP contribution in [-0.4, -0.2) is 77.7 Å². The highest BCUT2D eigenvalue weighted by Gasteiger charge is 2.46. The Bertz CT molecular complexity index is 1670. The molecule has 8 nitrogen and oxygen atoms in total. The number of piperidine rings is 1. The molecule has 3 aromatic rings. The van der Waals surface area contributed by atoms with Crippen LogP contribution in [-0.2, 0) is 31.5 Å². The number of para-hydroxylation sites is 1. The summed E-state index contributed by atoms with van der Waals surface area (Å²) in [4.78, 5) is 18.0. The predicted molar refractivity (Wildman–Crippen MR) is 185 cm³/mol. The van der Waals surface area contributed by atoms with E-state index in [2.05, 4.69) is 49.3 Å². The van der Waals surface area contributed by atoms with E-state index in [-0.39, 0.29) is 35.0 Å². The number of aryl methyl sites for hydroxylation is 2. The molecule has 0 radical (unpaired) electrons. The van der Waals surface area contributed by atoms with Crippen LogP contribution in [0.3, 0.4) is 0 Å². The molecule has 2 fully saturated rings. The van der Waals surface area contributed by atoms with Crippen molar-refractivity contribution in [2.24, 2.45) is 5.41 Å². The average molecular weight is 660 g/mol. The maximum Gasteiger partial charge on any atom is 0.265 e. The zero-order valence-electron chi connectivity index (χ0n) is 28.5. The fraction of sp³-hybridized carbons (Fsp3) is 0.500. The number of methoxy groups -OCH3 is 1. The third-order valence-corrected chi connectivity index (χ3v) is 13.4. The molecule has 0 N–H and O–H groups in total. The number of hydrogen-bond acceptors (Lipinski definition) is 6. The number of anilines is 1. The fourth-order valence-corrected chi connectivity index (χ4v) is 10.6. The van der Waals surface area contributed by atoms with E-state index in [0.29, 0.717) is 29.0 Å². The molecule has 3 aromatic carbocycles. The number of hydrogen-bond donors (Lipinski definition) is 0. The van der Waals surface area contributed by atoms with Crippen molar-refractivity contribution < 1.29 is 22.7 Å². The number of ether oxygens (including phenoxy) is 2. The molecule has 2 heterocycles. The molecule has 0 aromatic heterocycles. The Hall–Kier alpha value is -3.40. The van der Waals surface area contributed by atoms with E-state index in [0.717, 1.165) is 57.2 Å². The van der Waals surface area contributed by atoms with Crippen LogP contribution in [0.2, 0.25) is 0 Å². The van der Waals surface area contributed by atoms with Gasteiger partial charge >= 0.3 is 0 Å². The minimum Gasteiger partial charge on any atom is -0.497 e. The summed E-state index contributed by atoms with van der Waals surface area (Å²) >= 11 is 0. The van der Waals surface area contributed by atoms with Gasteiger partial charge in [-0.3, -0.25) is 14.0 Å². The van der Waals surface area contributed by atoms with Gasteiger partial charge in [0.25, 0.3) is 10.0 Å². The molecule has 47 heavy (non-hydrogen) atoms. The summed E-state index contributed by atoms with van der Waals surface area (Å²) in [6, 6.07) is 21.6. The molecule has 1 amide bonds. The molecule has 1 atom stereocenters. The van der Waals surface area contributed by atoms with Gasteiger partial charge in [-0.25, -0.2) is 8.42 Å². The Kier molecular flexibility index (Phi) is 9.44. The van der Waals surface area contributed by atoms with Gasteiger partial charge in [0.1, 0.15) is 12.4 Å². The van der Waals surface area contributed by atoms with Crippen LogP contribution < -0.4 is 9.04 Å². The van der Waals surface area contributed by atoms with E-state index in [9.17, 15) is 13.2 Å². The lowest BCUT2D eigenvalue weighted by atomic mass is 9.61. The lowest BCUT2D eigenvalue weighted by Gasteiger charge is -2.52. The van der Waals surface area contributed by atoms with E-state index in [1.807, 2.05) is 29.2 Å². The number of nitrogens with zero attached hydrogens (tertiary/aromatic N) is 3. The summed E-state index contributed by atoms with van der Waals surface area (Å²) in [6.45, 7) is 5.17. The first-order valence-electron chi connectivity index (χ1n) is 16.9. The van der Waals surface area contributed by atoms with E-state index in [1.165, 1.54) is 9.87 Å². The number of benzene rings is 3. The Labute approximate surface area is 280 Å². The summed E-state index contributed by atoms with van der Waals surface area (Å²) < 4.78 is 41.4. The fourth-order valence-electron chi connectivity index (χ4n) is 8.46. The topological polar surface area (TPSA) is 79.4 Å². The van der Waals surface area contributed by atoms with Crippen LogP contribution in [0.5, 0.6) is 5.75 Å². The first-order valence-corrected chi connectivity index (χ1v) is 18.3. The normalized spacial score (nSPS) is 20.4. The van der Waals surface area contributed by atoms with Crippen molar-refractivity contribution in [2.75, 3.05) is 51.8 Å². The van der Waals surface area contributed by atoms with Gasteiger partial charge in [-0.1, -0.05) is 48.5 Å². The Morgan fingerprint density at radius 3 is 2.13 bits per heavy atom. The van der Waals surface area contributed by atoms with Crippen molar-refractivity contribution >= 4 is 21.6 Å². The van der Waals surface area contributed by atoms with Gasteiger partial charge in [0.15, 0.2) is 0 Å². The lowest BCUT2D eigenvalue weighted by molar-refractivity contribution is -0.139. The maximum absolute atomic E-state index is 14.3. The molecule has 0 unspecified atom stereocenters. The summed E-state index contributed by atoms with van der Waals surface area (Å²) in [6.07, 6.45) is 7.14. The minimum absolute atomic E-state index is 0.0191. The lowest BCUT2D eigenvalue weighted by Crippen LogP contribution is -2.50. The highest BCUT2D eigenvalue weighted by atomic mass is 32.2. The van der Waals surface area contributed by atoms with Crippen molar-refractivity contribution in [3.05, 3.63) is 89.0 Å². The molecule has 1 spiro atoms. The van der Waals surface area contributed by atoms with Crippen molar-refractivity contribution in [3.8, 4) is 5.75 Å². The van der Waals surface area contributed by atoms with Gasteiger partial charge in [-0.05, 0) is 119 Å². The van der Waals surface area contributed by atoms with E-state index in [4.69, 9.17) is 9.47 Å². The molecule has 1 saturated heterocycles. The average Bonchev–Trinajstić information content (AvgIpc) is 3.44. The van der Waals surface area contributed by atoms with E-state index in [1.54, 1.807) is 33.1 Å². The Morgan fingerprint density at radius 2 is 1.51 bits per heavy atom. The second-order valence-electron chi connectivity index (χ2n) is 14.1. The highest BCUT2D eigenvalue weighted by molar-refractivity contribution is 7.93. The quantitative estimate of drug-likeness (QED) is 0.277. The van der Waals surface area contributed by atoms with E-state index >= 15 is 0 Å². The third-order valence-electron chi connectivity index (χ3n) is 11.2. The number of carbonyl (C=O) groups excluding carboxylic acids is 1. The molecule has 3 aliphatic rings. The SMILES string of the molecule is COc1cc(C)c(S(=O)(=O)N2c3ccccc3C[C@H]2COCC(=O)N2CCC3(CC2)CCC(c2ccccc2)(N(C)C)CC3)c(C)c1. The van der Waals surface area contributed by atoms with Crippen LogP contribution in [0.15, 0.2) is 71.6 Å². The van der Waals surface area contributed by atoms with Crippen LogP contribution >= 0.6 is 0 Å². The van der Waals surface area contributed by atoms with E-state index < -0.39 is 16.1 Å². The second kappa shape index (κ2) is 13.2. The minimum atomic E-state index is -3.91.